The summed E-state index contributed by atoms with van der Waals surface area (Å²) in [5.74, 6) is -0.596. The zero-order valence-corrected chi connectivity index (χ0v) is 11.5. The Kier molecular flexibility index (Phi) is 5.43. The van der Waals surface area contributed by atoms with E-state index in [-0.39, 0.29) is 18.3 Å². The van der Waals surface area contributed by atoms with Gasteiger partial charge < -0.3 is 4.74 Å². The molecule has 0 aliphatic heterocycles. The first-order chi connectivity index (χ1) is 8.03. The highest BCUT2D eigenvalue weighted by Crippen LogP contribution is 2.30. The summed E-state index contributed by atoms with van der Waals surface area (Å²) >= 11 is 0. The van der Waals surface area contributed by atoms with E-state index in [0.717, 1.165) is 32.1 Å². The highest BCUT2D eigenvalue weighted by molar-refractivity contribution is 7.92. The third-order valence-electron chi connectivity index (χ3n) is 3.39. The van der Waals surface area contributed by atoms with E-state index in [9.17, 15) is 13.2 Å². The molecule has 0 aromatic heterocycles. The molecule has 1 aliphatic carbocycles. The molecule has 1 fully saturated rings. The van der Waals surface area contributed by atoms with Gasteiger partial charge in [-0.15, -0.1) is 0 Å². The predicted molar refractivity (Wildman–Crippen MR) is 66.5 cm³/mol. The number of ether oxygens (including phenoxy) is 1. The maximum absolute atomic E-state index is 12.0. The molecule has 1 aliphatic rings. The van der Waals surface area contributed by atoms with E-state index in [1.807, 2.05) is 0 Å². The molecule has 1 atom stereocenters. The van der Waals surface area contributed by atoms with E-state index in [4.69, 9.17) is 4.74 Å². The molecule has 0 N–H and O–H groups in total. The zero-order chi connectivity index (χ0) is 12.9. The van der Waals surface area contributed by atoms with Crippen molar-refractivity contribution < 1.29 is 17.9 Å². The number of rotatable bonds is 5. The quantitative estimate of drug-likeness (QED) is 0.710. The van der Waals surface area contributed by atoms with Crippen LogP contribution in [0, 0.1) is 5.92 Å². The third-order valence-corrected chi connectivity index (χ3v) is 5.54. The van der Waals surface area contributed by atoms with Gasteiger partial charge in [0, 0.05) is 5.75 Å². The van der Waals surface area contributed by atoms with Crippen LogP contribution in [0.4, 0.5) is 0 Å². The van der Waals surface area contributed by atoms with Crippen LogP contribution in [0.1, 0.15) is 46.0 Å². The number of hydrogen-bond donors (Lipinski definition) is 0. The lowest BCUT2D eigenvalue weighted by Gasteiger charge is -2.28. The molecule has 0 unspecified atom stereocenters. The summed E-state index contributed by atoms with van der Waals surface area (Å²) in [5.41, 5.74) is 0. The Labute approximate surface area is 104 Å². The van der Waals surface area contributed by atoms with E-state index in [1.165, 1.54) is 0 Å². The topological polar surface area (TPSA) is 60.4 Å². The fourth-order valence-electron chi connectivity index (χ4n) is 2.47. The molecule has 17 heavy (non-hydrogen) atoms. The van der Waals surface area contributed by atoms with Crippen molar-refractivity contribution in [2.24, 2.45) is 5.92 Å². The summed E-state index contributed by atoms with van der Waals surface area (Å²) in [5, 5.41) is -0.937. The van der Waals surface area contributed by atoms with Gasteiger partial charge in [-0.3, -0.25) is 4.79 Å². The molecule has 0 spiro atoms. The molecule has 0 saturated heterocycles. The smallest absolute Gasteiger partial charge is 0.324 e. The van der Waals surface area contributed by atoms with Crippen LogP contribution < -0.4 is 0 Å². The molecule has 0 bridgehead atoms. The first-order valence-corrected chi connectivity index (χ1v) is 8.12. The van der Waals surface area contributed by atoms with Gasteiger partial charge in [0.25, 0.3) is 0 Å². The lowest BCUT2D eigenvalue weighted by Crippen LogP contribution is -2.40. The van der Waals surface area contributed by atoms with Gasteiger partial charge in [0.05, 0.1) is 6.61 Å². The summed E-state index contributed by atoms with van der Waals surface area (Å²) in [7, 11) is -3.36. The van der Waals surface area contributed by atoms with Crippen molar-refractivity contribution in [2.45, 2.75) is 51.2 Å². The maximum Gasteiger partial charge on any atom is 0.324 e. The van der Waals surface area contributed by atoms with Crippen LogP contribution in [0.3, 0.4) is 0 Å². The summed E-state index contributed by atoms with van der Waals surface area (Å²) in [6, 6.07) is 0. The van der Waals surface area contributed by atoms with Crippen LogP contribution in [0.25, 0.3) is 0 Å². The SMILES string of the molecule is CCOC(=O)[C@@H](C1CCCCC1)S(=O)(=O)CC. The molecule has 0 heterocycles. The van der Waals surface area contributed by atoms with E-state index in [1.54, 1.807) is 13.8 Å². The van der Waals surface area contributed by atoms with Gasteiger partial charge in [-0.2, -0.15) is 0 Å². The Morgan fingerprint density at radius 3 is 2.29 bits per heavy atom. The molecule has 1 saturated carbocycles. The van der Waals surface area contributed by atoms with Crippen molar-refractivity contribution >= 4 is 15.8 Å². The third kappa shape index (κ3) is 3.69. The standard InChI is InChI=1S/C12H22O4S/c1-3-16-12(13)11(17(14,15)4-2)10-8-6-5-7-9-10/h10-11H,3-9H2,1-2H3/t11-/m1/s1. The first-order valence-electron chi connectivity index (χ1n) is 6.41. The lowest BCUT2D eigenvalue weighted by molar-refractivity contribution is -0.143. The second-order valence-electron chi connectivity index (χ2n) is 4.52. The molecular formula is C12H22O4S. The highest BCUT2D eigenvalue weighted by Gasteiger charge is 2.39. The van der Waals surface area contributed by atoms with Gasteiger partial charge in [-0.25, -0.2) is 8.42 Å². The molecule has 0 amide bonds. The summed E-state index contributed by atoms with van der Waals surface area (Å²) < 4.78 is 29.0. The molecular weight excluding hydrogens is 240 g/mol. The van der Waals surface area contributed by atoms with E-state index in [0.29, 0.717) is 0 Å². The summed E-state index contributed by atoms with van der Waals surface area (Å²) in [6.45, 7) is 3.53. The summed E-state index contributed by atoms with van der Waals surface area (Å²) in [4.78, 5) is 11.8. The Hall–Kier alpha value is -0.580. The van der Waals surface area contributed by atoms with Crippen molar-refractivity contribution in [3.63, 3.8) is 0 Å². The Bertz CT molecular complexity index is 342. The molecule has 5 heteroatoms. The molecule has 4 nitrogen and oxygen atoms in total. The van der Waals surface area contributed by atoms with Crippen LogP contribution in [-0.4, -0.2) is 32.0 Å². The van der Waals surface area contributed by atoms with Crippen LogP contribution in [-0.2, 0) is 19.4 Å². The van der Waals surface area contributed by atoms with Crippen LogP contribution in [0.2, 0.25) is 0 Å². The van der Waals surface area contributed by atoms with Gasteiger partial charge in [-0.05, 0) is 25.7 Å². The maximum atomic E-state index is 12.0. The second-order valence-corrected chi connectivity index (χ2v) is 6.93. The molecule has 0 aromatic carbocycles. The van der Waals surface area contributed by atoms with Gasteiger partial charge >= 0.3 is 5.97 Å². The lowest BCUT2D eigenvalue weighted by atomic mass is 9.87. The van der Waals surface area contributed by atoms with Crippen LogP contribution >= 0.6 is 0 Å². The van der Waals surface area contributed by atoms with Gasteiger partial charge in [0.15, 0.2) is 15.1 Å². The number of carbonyl (C=O) groups excluding carboxylic acids is 1. The minimum Gasteiger partial charge on any atom is -0.465 e. The highest BCUT2D eigenvalue weighted by atomic mass is 32.2. The van der Waals surface area contributed by atoms with E-state index >= 15 is 0 Å². The second kappa shape index (κ2) is 6.38. The Balaban J connectivity index is 2.88. The van der Waals surface area contributed by atoms with E-state index in [2.05, 4.69) is 0 Å². The fourth-order valence-corrected chi connectivity index (χ4v) is 4.05. The molecule has 0 radical (unpaired) electrons. The number of sulfone groups is 1. The average molecular weight is 262 g/mol. The number of esters is 1. The monoisotopic (exact) mass is 262 g/mol. The van der Waals surface area contributed by atoms with Crippen molar-refractivity contribution in [2.75, 3.05) is 12.4 Å². The number of carbonyl (C=O) groups is 1. The fraction of sp³-hybridized carbons (Fsp3) is 0.917. The van der Waals surface area contributed by atoms with Crippen molar-refractivity contribution in [3.05, 3.63) is 0 Å². The number of hydrogen-bond acceptors (Lipinski definition) is 4. The minimum atomic E-state index is -3.36. The zero-order valence-electron chi connectivity index (χ0n) is 10.6. The van der Waals surface area contributed by atoms with Crippen molar-refractivity contribution in [1.29, 1.82) is 0 Å². The van der Waals surface area contributed by atoms with Crippen LogP contribution in [0.15, 0.2) is 0 Å². The minimum absolute atomic E-state index is 0.00693. The predicted octanol–water partition coefficient (Wildman–Crippen LogP) is 1.93. The first kappa shape index (κ1) is 14.5. The van der Waals surface area contributed by atoms with Gasteiger partial charge in [0.1, 0.15) is 0 Å². The Morgan fingerprint density at radius 2 is 1.82 bits per heavy atom. The van der Waals surface area contributed by atoms with Crippen LogP contribution in [0.5, 0.6) is 0 Å². The Morgan fingerprint density at radius 1 is 1.24 bits per heavy atom. The van der Waals surface area contributed by atoms with Gasteiger partial charge in [-0.1, -0.05) is 26.2 Å². The summed E-state index contributed by atoms with van der Waals surface area (Å²) in [6.07, 6.45) is 4.81. The van der Waals surface area contributed by atoms with Crippen molar-refractivity contribution in [1.82, 2.24) is 0 Å². The molecule has 100 valence electrons. The molecule has 0 aromatic rings. The van der Waals surface area contributed by atoms with Gasteiger partial charge in [0.2, 0.25) is 0 Å². The average Bonchev–Trinajstić information content (AvgIpc) is 2.30. The van der Waals surface area contributed by atoms with Crippen molar-refractivity contribution in [3.8, 4) is 0 Å². The largest absolute Gasteiger partial charge is 0.465 e. The molecule has 1 rings (SSSR count). The van der Waals surface area contributed by atoms with E-state index < -0.39 is 21.1 Å². The normalized spacial score (nSPS) is 19.9.